The van der Waals surface area contributed by atoms with Gasteiger partial charge in [-0.3, -0.25) is 0 Å². The first kappa shape index (κ1) is 16.2. The van der Waals surface area contributed by atoms with Gasteiger partial charge in [0, 0.05) is 17.1 Å². The molecule has 0 atom stereocenters. The van der Waals surface area contributed by atoms with E-state index in [1.54, 1.807) is 19.2 Å². The smallest absolute Gasteiger partial charge is 0.166 e. The average molecular weight is 447 g/mol. The van der Waals surface area contributed by atoms with Crippen LogP contribution in [0.3, 0.4) is 0 Å². The van der Waals surface area contributed by atoms with E-state index in [1.165, 1.54) is 10.6 Å². The van der Waals surface area contributed by atoms with Gasteiger partial charge in [0.25, 0.3) is 0 Å². The van der Waals surface area contributed by atoms with E-state index in [1.807, 2.05) is 0 Å². The standard InChI is InChI=1S/C15H8Br2F3N3/c1-23-14(7-4-11(19)13(17)12(20)5-7)21-22-15(23)9-3-2-8(16)6-10(9)18/h2-6H,1H3. The zero-order valence-electron chi connectivity index (χ0n) is 11.6. The number of benzene rings is 2. The molecule has 3 aromatic rings. The summed E-state index contributed by atoms with van der Waals surface area (Å²) >= 11 is 6.00. The van der Waals surface area contributed by atoms with Gasteiger partial charge in [-0.25, -0.2) is 13.2 Å². The minimum absolute atomic E-state index is 0.210. The molecule has 0 N–H and O–H groups in total. The Morgan fingerprint density at radius 2 is 1.48 bits per heavy atom. The molecule has 0 aliphatic carbocycles. The normalized spacial score (nSPS) is 11.0. The lowest BCUT2D eigenvalue weighted by molar-refractivity contribution is 0.572. The van der Waals surface area contributed by atoms with Crippen LogP contribution in [-0.2, 0) is 7.05 Å². The zero-order chi connectivity index (χ0) is 16.7. The van der Waals surface area contributed by atoms with Crippen molar-refractivity contribution in [2.24, 2.45) is 7.05 Å². The highest BCUT2D eigenvalue weighted by atomic mass is 79.9. The van der Waals surface area contributed by atoms with Gasteiger partial charge in [-0.05, 0) is 46.3 Å². The minimum atomic E-state index is -0.751. The molecule has 0 unspecified atom stereocenters. The highest BCUT2D eigenvalue weighted by Gasteiger charge is 2.18. The van der Waals surface area contributed by atoms with Crippen LogP contribution in [0.4, 0.5) is 13.2 Å². The van der Waals surface area contributed by atoms with Crippen LogP contribution < -0.4 is 0 Å². The molecule has 118 valence electrons. The van der Waals surface area contributed by atoms with Crippen LogP contribution in [0.2, 0.25) is 0 Å². The molecular weight excluding hydrogens is 439 g/mol. The molecule has 0 spiro atoms. The molecule has 0 saturated heterocycles. The maximum Gasteiger partial charge on any atom is 0.166 e. The van der Waals surface area contributed by atoms with Crippen molar-refractivity contribution in [3.63, 3.8) is 0 Å². The molecule has 3 nitrogen and oxygen atoms in total. The van der Waals surface area contributed by atoms with Crippen molar-refractivity contribution < 1.29 is 13.2 Å². The van der Waals surface area contributed by atoms with Crippen molar-refractivity contribution >= 4 is 31.9 Å². The Morgan fingerprint density at radius 3 is 2.09 bits per heavy atom. The van der Waals surface area contributed by atoms with E-state index in [0.29, 0.717) is 4.47 Å². The van der Waals surface area contributed by atoms with E-state index < -0.39 is 17.5 Å². The summed E-state index contributed by atoms with van der Waals surface area (Å²) in [4.78, 5) is 0. The van der Waals surface area contributed by atoms with Crippen molar-refractivity contribution in [1.82, 2.24) is 14.8 Å². The van der Waals surface area contributed by atoms with E-state index in [2.05, 4.69) is 42.1 Å². The first-order valence-electron chi connectivity index (χ1n) is 6.38. The summed E-state index contributed by atoms with van der Waals surface area (Å²) in [6.45, 7) is 0. The summed E-state index contributed by atoms with van der Waals surface area (Å²) in [5.74, 6) is -1.49. The molecule has 0 saturated carbocycles. The number of hydrogen-bond acceptors (Lipinski definition) is 2. The third kappa shape index (κ3) is 2.92. The molecule has 8 heteroatoms. The molecule has 23 heavy (non-hydrogen) atoms. The fourth-order valence-electron chi connectivity index (χ4n) is 2.17. The second-order valence-electron chi connectivity index (χ2n) is 4.78. The van der Waals surface area contributed by atoms with E-state index in [0.717, 1.165) is 12.1 Å². The van der Waals surface area contributed by atoms with Crippen molar-refractivity contribution in [1.29, 1.82) is 0 Å². The van der Waals surface area contributed by atoms with Gasteiger partial charge in [0.1, 0.15) is 17.5 Å². The van der Waals surface area contributed by atoms with Crippen molar-refractivity contribution in [3.05, 3.63) is 56.7 Å². The van der Waals surface area contributed by atoms with E-state index in [4.69, 9.17) is 0 Å². The first-order chi connectivity index (χ1) is 10.9. The fraction of sp³-hybridized carbons (Fsp3) is 0.0667. The molecule has 0 fully saturated rings. The van der Waals surface area contributed by atoms with Crippen LogP contribution in [0.15, 0.2) is 39.3 Å². The largest absolute Gasteiger partial charge is 0.310 e. The third-order valence-electron chi connectivity index (χ3n) is 3.29. The highest BCUT2D eigenvalue weighted by Crippen LogP contribution is 2.30. The van der Waals surface area contributed by atoms with Gasteiger partial charge in [-0.1, -0.05) is 15.9 Å². The van der Waals surface area contributed by atoms with Gasteiger partial charge in [-0.15, -0.1) is 10.2 Å². The highest BCUT2D eigenvalue weighted by molar-refractivity contribution is 9.10. The number of aromatic nitrogens is 3. The Kier molecular flexibility index (Phi) is 4.29. The van der Waals surface area contributed by atoms with Crippen LogP contribution in [0, 0.1) is 17.5 Å². The summed E-state index contributed by atoms with van der Waals surface area (Å²) in [6, 6.07) is 6.81. The summed E-state index contributed by atoms with van der Waals surface area (Å²) in [5, 5.41) is 7.86. The predicted octanol–water partition coefficient (Wildman–Crippen LogP) is 5.09. The number of hydrogen-bond donors (Lipinski definition) is 0. The first-order valence-corrected chi connectivity index (χ1v) is 7.97. The Hall–Kier alpha value is -1.67. The van der Waals surface area contributed by atoms with E-state index >= 15 is 0 Å². The quantitative estimate of drug-likeness (QED) is 0.513. The maximum absolute atomic E-state index is 14.1. The molecule has 0 aliphatic rings. The summed E-state index contributed by atoms with van der Waals surface area (Å²) in [5.41, 5.74) is 0.453. The van der Waals surface area contributed by atoms with Crippen LogP contribution in [0.25, 0.3) is 22.8 Å². The summed E-state index contributed by atoms with van der Waals surface area (Å²) < 4.78 is 43.3. The molecule has 0 bridgehead atoms. The van der Waals surface area contributed by atoms with Crippen LogP contribution in [-0.4, -0.2) is 14.8 Å². The van der Waals surface area contributed by atoms with Gasteiger partial charge in [0.2, 0.25) is 0 Å². The minimum Gasteiger partial charge on any atom is -0.310 e. The van der Waals surface area contributed by atoms with Gasteiger partial charge >= 0.3 is 0 Å². The van der Waals surface area contributed by atoms with Crippen molar-refractivity contribution in [2.45, 2.75) is 0 Å². The third-order valence-corrected chi connectivity index (χ3v) is 4.54. The molecular formula is C15H8Br2F3N3. The van der Waals surface area contributed by atoms with E-state index in [-0.39, 0.29) is 27.2 Å². The maximum atomic E-state index is 14.1. The number of nitrogens with zero attached hydrogens (tertiary/aromatic N) is 3. The van der Waals surface area contributed by atoms with Crippen LogP contribution in [0.1, 0.15) is 0 Å². The lowest BCUT2D eigenvalue weighted by Gasteiger charge is -2.06. The second-order valence-corrected chi connectivity index (χ2v) is 6.49. The lowest BCUT2D eigenvalue weighted by Crippen LogP contribution is -1.98. The predicted molar refractivity (Wildman–Crippen MR) is 87.1 cm³/mol. The molecule has 1 heterocycles. The number of halogens is 5. The van der Waals surface area contributed by atoms with Gasteiger partial charge in [-0.2, -0.15) is 0 Å². The van der Waals surface area contributed by atoms with Gasteiger partial charge < -0.3 is 4.57 Å². The molecule has 1 aromatic heterocycles. The zero-order valence-corrected chi connectivity index (χ0v) is 14.8. The SMILES string of the molecule is Cn1c(-c2cc(F)c(Br)c(F)c2)nnc1-c1ccc(Br)cc1F. The van der Waals surface area contributed by atoms with Gasteiger partial charge in [0.05, 0.1) is 10.0 Å². The second kappa shape index (κ2) is 6.09. The van der Waals surface area contributed by atoms with Gasteiger partial charge in [0.15, 0.2) is 11.6 Å². The Bertz CT molecular complexity index is 886. The Labute approximate surface area is 146 Å². The Balaban J connectivity index is 2.13. The van der Waals surface area contributed by atoms with Crippen molar-refractivity contribution in [3.8, 4) is 22.8 Å². The van der Waals surface area contributed by atoms with Crippen molar-refractivity contribution in [2.75, 3.05) is 0 Å². The number of rotatable bonds is 2. The molecule has 0 amide bonds. The molecule has 0 aliphatic heterocycles. The fourth-order valence-corrected chi connectivity index (χ4v) is 2.73. The monoisotopic (exact) mass is 445 g/mol. The molecule has 3 rings (SSSR count). The lowest BCUT2D eigenvalue weighted by atomic mass is 10.2. The topological polar surface area (TPSA) is 30.7 Å². The molecule has 2 aromatic carbocycles. The van der Waals surface area contributed by atoms with Crippen LogP contribution >= 0.6 is 31.9 Å². The average Bonchev–Trinajstić information content (AvgIpc) is 2.86. The van der Waals surface area contributed by atoms with Crippen LogP contribution in [0.5, 0.6) is 0 Å². The molecule has 0 radical (unpaired) electrons. The summed E-state index contributed by atoms with van der Waals surface area (Å²) in [6.07, 6.45) is 0. The van der Waals surface area contributed by atoms with E-state index in [9.17, 15) is 13.2 Å². The summed E-state index contributed by atoms with van der Waals surface area (Å²) in [7, 11) is 1.60. The Morgan fingerprint density at radius 1 is 0.870 bits per heavy atom.